The minimum absolute atomic E-state index is 0.430. The summed E-state index contributed by atoms with van der Waals surface area (Å²) in [5.41, 5.74) is 2.88. The molecule has 0 saturated carbocycles. The van der Waals surface area contributed by atoms with Crippen molar-refractivity contribution in [3.8, 4) is 0 Å². The Balaban J connectivity index is 1.74. The zero-order valence-corrected chi connectivity index (χ0v) is 12.7. The molecule has 1 aliphatic carbocycles. The molecule has 0 radical (unpaired) electrons. The summed E-state index contributed by atoms with van der Waals surface area (Å²) in [4.78, 5) is 4.28. The molecule has 0 amide bonds. The van der Waals surface area contributed by atoms with Gasteiger partial charge in [0.25, 0.3) is 0 Å². The molecule has 1 heterocycles. The van der Waals surface area contributed by atoms with Crippen molar-refractivity contribution >= 4 is 33.3 Å². The molecule has 2 aromatic rings. The van der Waals surface area contributed by atoms with Crippen LogP contribution in [0.1, 0.15) is 17.5 Å². The predicted molar refractivity (Wildman–Crippen MR) is 82.8 cm³/mol. The van der Waals surface area contributed by atoms with Crippen LogP contribution in [0.3, 0.4) is 0 Å². The van der Waals surface area contributed by atoms with Crippen LogP contribution in [0.2, 0.25) is 5.15 Å². The number of fused-ring (bicyclic) bond motifs is 1. The molecule has 19 heavy (non-hydrogen) atoms. The molecule has 1 unspecified atom stereocenters. The molecule has 4 heteroatoms. The van der Waals surface area contributed by atoms with E-state index in [1.165, 1.54) is 11.1 Å². The quantitative estimate of drug-likeness (QED) is 0.818. The Labute approximate surface area is 126 Å². The fourth-order valence-electron chi connectivity index (χ4n) is 2.54. The van der Waals surface area contributed by atoms with Gasteiger partial charge < -0.3 is 5.32 Å². The number of hydrogen-bond acceptors (Lipinski definition) is 2. The second-order valence-electron chi connectivity index (χ2n) is 4.84. The maximum atomic E-state index is 5.90. The van der Waals surface area contributed by atoms with E-state index in [-0.39, 0.29) is 0 Å². The number of nitrogens with zero attached hydrogens (tertiary/aromatic N) is 1. The first-order chi connectivity index (χ1) is 9.20. The van der Waals surface area contributed by atoms with Crippen LogP contribution in [0.25, 0.3) is 0 Å². The van der Waals surface area contributed by atoms with Gasteiger partial charge in [0.1, 0.15) is 11.0 Å². The highest BCUT2D eigenvalue weighted by molar-refractivity contribution is 9.10. The van der Waals surface area contributed by atoms with Gasteiger partial charge in [-0.2, -0.15) is 0 Å². The van der Waals surface area contributed by atoms with Crippen LogP contribution in [-0.4, -0.2) is 11.0 Å². The number of anilines is 1. The fraction of sp³-hybridized carbons (Fsp3) is 0.267. The third-order valence-electron chi connectivity index (χ3n) is 3.46. The number of rotatable bonds is 2. The Hall–Kier alpha value is -1.06. The van der Waals surface area contributed by atoms with Crippen LogP contribution >= 0.6 is 27.5 Å². The van der Waals surface area contributed by atoms with Crippen LogP contribution in [-0.2, 0) is 12.8 Å². The Bertz CT molecular complexity index is 600. The molecule has 1 aromatic heterocycles. The predicted octanol–water partition coefficient (Wildman–Crippen LogP) is 4.47. The SMILES string of the molecule is Clc1cccc(NC2CCc3cc(Br)ccc3C2)n1. The fourth-order valence-corrected chi connectivity index (χ4v) is 3.12. The van der Waals surface area contributed by atoms with Crippen LogP contribution in [0.5, 0.6) is 0 Å². The summed E-state index contributed by atoms with van der Waals surface area (Å²) in [7, 11) is 0. The van der Waals surface area contributed by atoms with Gasteiger partial charge in [0.2, 0.25) is 0 Å². The molecule has 2 nitrogen and oxygen atoms in total. The molecule has 0 spiro atoms. The van der Waals surface area contributed by atoms with E-state index in [0.29, 0.717) is 11.2 Å². The number of aryl methyl sites for hydroxylation is 1. The van der Waals surface area contributed by atoms with Crippen molar-refractivity contribution in [3.63, 3.8) is 0 Å². The van der Waals surface area contributed by atoms with Gasteiger partial charge in [-0.3, -0.25) is 0 Å². The highest BCUT2D eigenvalue weighted by atomic mass is 79.9. The number of benzene rings is 1. The summed E-state index contributed by atoms with van der Waals surface area (Å²) < 4.78 is 1.16. The summed E-state index contributed by atoms with van der Waals surface area (Å²) in [6, 6.07) is 12.6. The smallest absolute Gasteiger partial charge is 0.131 e. The van der Waals surface area contributed by atoms with Gasteiger partial charge in [-0.05, 0) is 54.7 Å². The molecule has 0 bridgehead atoms. The lowest BCUT2D eigenvalue weighted by Crippen LogP contribution is -2.27. The lowest BCUT2D eigenvalue weighted by Gasteiger charge is -2.26. The molecule has 98 valence electrons. The topological polar surface area (TPSA) is 24.9 Å². The van der Waals surface area contributed by atoms with E-state index in [9.17, 15) is 0 Å². The van der Waals surface area contributed by atoms with Gasteiger partial charge in [0.05, 0.1) is 0 Å². The summed E-state index contributed by atoms with van der Waals surface area (Å²) in [6.07, 6.45) is 3.27. The summed E-state index contributed by atoms with van der Waals surface area (Å²) in [6.45, 7) is 0. The molecule has 0 fully saturated rings. The molecule has 3 rings (SSSR count). The van der Waals surface area contributed by atoms with E-state index in [1.54, 1.807) is 6.07 Å². The maximum Gasteiger partial charge on any atom is 0.131 e. The minimum Gasteiger partial charge on any atom is -0.367 e. The van der Waals surface area contributed by atoms with E-state index >= 15 is 0 Å². The third kappa shape index (κ3) is 3.10. The molecule has 1 atom stereocenters. The molecule has 1 N–H and O–H groups in total. The van der Waals surface area contributed by atoms with Crippen LogP contribution in [0, 0.1) is 0 Å². The van der Waals surface area contributed by atoms with Crippen molar-refractivity contribution in [3.05, 3.63) is 57.2 Å². The molecule has 1 aliphatic rings. The molecule has 0 saturated heterocycles. The number of halogens is 2. The second kappa shape index (κ2) is 5.51. The molecular weight excluding hydrogens is 324 g/mol. The van der Waals surface area contributed by atoms with E-state index in [1.807, 2.05) is 12.1 Å². The number of nitrogens with one attached hydrogen (secondary N) is 1. The van der Waals surface area contributed by atoms with Crippen molar-refractivity contribution < 1.29 is 0 Å². The second-order valence-corrected chi connectivity index (χ2v) is 6.15. The van der Waals surface area contributed by atoms with Gasteiger partial charge in [-0.1, -0.05) is 39.7 Å². The molecule has 0 aliphatic heterocycles. The Morgan fingerprint density at radius 1 is 1.21 bits per heavy atom. The minimum atomic E-state index is 0.430. The van der Waals surface area contributed by atoms with Gasteiger partial charge in [0, 0.05) is 10.5 Å². The normalized spacial score (nSPS) is 17.9. The first kappa shape index (κ1) is 12.9. The van der Waals surface area contributed by atoms with Gasteiger partial charge in [-0.25, -0.2) is 4.98 Å². The molecular formula is C15H14BrClN2. The van der Waals surface area contributed by atoms with E-state index in [2.05, 4.69) is 44.4 Å². The largest absolute Gasteiger partial charge is 0.367 e. The van der Waals surface area contributed by atoms with Gasteiger partial charge in [0.15, 0.2) is 0 Å². The summed E-state index contributed by atoms with van der Waals surface area (Å²) in [5, 5.41) is 4.00. The third-order valence-corrected chi connectivity index (χ3v) is 4.17. The Morgan fingerprint density at radius 3 is 2.95 bits per heavy atom. The highest BCUT2D eigenvalue weighted by Gasteiger charge is 2.18. The van der Waals surface area contributed by atoms with E-state index in [4.69, 9.17) is 11.6 Å². The first-order valence-electron chi connectivity index (χ1n) is 6.37. The zero-order chi connectivity index (χ0) is 13.2. The molecule has 1 aromatic carbocycles. The van der Waals surface area contributed by atoms with E-state index < -0.39 is 0 Å². The van der Waals surface area contributed by atoms with Crippen LogP contribution in [0.4, 0.5) is 5.82 Å². The standard InChI is InChI=1S/C15H14BrClN2/c16-12-6-4-11-9-13(7-5-10(11)8-12)18-15-3-1-2-14(17)19-15/h1-4,6,8,13H,5,7,9H2,(H,18,19). The van der Waals surface area contributed by atoms with Crippen molar-refractivity contribution in [2.45, 2.75) is 25.3 Å². The average Bonchev–Trinajstić information content (AvgIpc) is 2.39. The number of pyridine rings is 1. The van der Waals surface area contributed by atoms with Crippen LogP contribution < -0.4 is 5.32 Å². The van der Waals surface area contributed by atoms with Crippen LogP contribution in [0.15, 0.2) is 40.9 Å². The highest BCUT2D eigenvalue weighted by Crippen LogP contribution is 2.26. The van der Waals surface area contributed by atoms with E-state index in [0.717, 1.165) is 29.6 Å². The van der Waals surface area contributed by atoms with Crippen molar-refractivity contribution in [2.24, 2.45) is 0 Å². The lowest BCUT2D eigenvalue weighted by atomic mass is 9.88. The van der Waals surface area contributed by atoms with Gasteiger partial charge in [-0.15, -0.1) is 0 Å². The van der Waals surface area contributed by atoms with Crippen molar-refractivity contribution in [1.82, 2.24) is 4.98 Å². The monoisotopic (exact) mass is 336 g/mol. The number of aromatic nitrogens is 1. The van der Waals surface area contributed by atoms with Crippen molar-refractivity contribution in [2.75, 3.05) is 5.32 Å². The average molecular weight is 338 g/mol. The Kier molecular flexibility index (Phi) is 3.76. The van der Waals surface area contributed by atoms with Crippen molar-refractivity contribution in [1.29, 1.82) is 0 Å². The lowest BCUT2D eigenvalue weighted by molar-refractivity contribution is 0.608. The van der Waals surface area contributed by atoms with Gasteiger partial charge >= 0.3 is 0 Å². The summed E-state index contributed by atoms with van der Waals surface area (Å²) >= 11 is 9.43. The zero-order valence-electron chi connectivity index (χ0n) is 10.4. The summed E-state index contributed by atoms with van der Waals surface area (Å²) in [5.74, 6) is 0.859. The number of hydrogen-bond donors (Lipinski definition) is 1. The first-order valence-corrected chi connectivity index (χ1v) is 7.54. The Morgan fingerprint density at radius 2 is 2.11 bits per heavy atom. The maximum absolute atomic E-state index is 5.90.